The Kier molecular flexibility index (Phi) is 4.34. The lowest BCUT2D eigenvalue weighted by molar-refractivity contribution is -0.116. The number of hydrogen-bond acceptors (Lipinski definition) is 5. The number of nitrogens with one attached hydrogen (secondary N) is 1. The molecule has 1 N–H and O–H groups in total. The first kappa shape index (κ1) is 16.6. The summed E-state index contributed by atoms with van der Waals surface area (Å²) in [6.07, 6.45) is 1.42. The van der Waals surface area contributed by atoms with Crippen molar-refractivity contribution in [3.63, 3.8) is 0 Å². The Balaban J connectivity index is 1.93. The molecule has 0 aliphatic carbocycles. The van der Waals surface area contributed by atoms with E-state index in [2.05, 4.69) is 11.9 Å². The lowest BCUT2D eigenvalue weighted by Gasteiger charge is -2.34. The SMILES string of the molecule is C=CCSC1=NN2C(=c3ccccc3=N[C@@H]2c2ccccc2C)C(=O)N1. The maximum absolute atomic E-state index is 12.9. The zero-order valence-corrected chi connectivity index (χ0v) is 15.2. The first-order valence-electron chi connectivity index (χ1n) is 8.34. The highest BCUT2D eigenvalue weighted by Crippen LogP contribution is 2.32. The van der Waals surface area contributed by atoms with Crippen molar-refractivity contribution in [1.29, 1.82) is 0 Å². The minimum absolute atomic E-state index is 0.160. The summed E-state index contributed by atoms with van der Waals surface area (Å²) in [7, 11) is 0. The first-order valence-corrected chi connectivity index (χ1v) is 9.33. The maximum atomic E-state index is 12.9. The molecule has 5 nitrogen and oxygen atoms in total. The van der Waals surface area contributed by atoms with E-state index in [1.807, 2.05) is 55.5 Å². The van der Waals surface area contributed by atoms with E-state index >= 15 is 0 Å². The average molecular weight is 362 g/mol. The maximum Gasteiger partial charge on any atom is 0.276 e. The van der Waals surface area contributed by atoms with Gasteiger partial charge in [0.15, 0.2) is 11.3 Å². The number of thioether (sulfide) groups is 1. The van der Waals surface area contributed by atoms with Gasteiger partial charge in [-0.25, -0.2) is 5.01 Å². The Labute approximate surface area is 155 Å². The molecule has 0 radical (unpaired) electrons. The largest absolute Gasteiger partial charge is 0.298 e. The van der Waals surface area contributed by atoms with Gasteiger partial charge in [0, 0.05) is 16.5 Å². The zero-order chi connectivity index (χ0) is 18.1. The predicted octanol–water partition coefficient (Wildman–Crippen LogP) is 2.06. The summed E-state index contributed by atoms with van der Waals surface area (Å²) in [5.41, 5.74) is 2.68. The van der Waals surface area contributed by atoms with Gasteiger partial charge in [-0.05, 0) is 18.6 Å². The Morgan fingerprint density at radius 3 is 2.81 bits per heavy atom. The van der Waals surface area contributed by atoms with Crippen molar-refractivity contribution in [2.24, 2.45) is 10.1 Å². The number of benzene rings is 2. The molecule has 0 spiro atoms. The quantitative estimate of drug-likeness (QED) is 0.851. The van der Waals surface area contributed by atoms with E-state index in [9.17, 15) is 4.79 Å². The molecule has 0 fully saturated rings. The third-order valence-electron chi connectivity index (χ3n) is 4.32. The Morgan fingerprint density at radius 1 is 1.23 bits per heavy atom. The van der Waals surface area contributed by atoms with Crippen molar-refractivity contribution in [3.8, 4) is 0 Å². The monoisotopic (exact) mass is 362 g/mol. The topological polar surface area (TPSA) is 57.1 Å². The molecule has 2 aromatic rings. The Morgan fingerprint density at radius 2 is 2.00 bits per heavy atom. The summed E-state index contributed by atoms with van der Waals surface area (Å²) in [5.74, 6) is 0.512. The van der Waals surface area contributed by atoms with E-state index in [0.717, 1.165) is 21.7 Å². The van der Waals surface area contributed by atoms with E-state index in [1.165, 1.54) is 11.8 Å². The third kappa shape index (κ3) is 2.82. The molecular formula is C20H18N4OS. The van der Waals surface area contributed by atoms with E-state index < -0.39 is 0 Å². The van der Waals surface area contributed by atoms with Crippen molar-refractivity contribution >= 4 is 28.5 Å². The molecule has 1 amide bonds. The molecule has 4 rings (SSSR count). The molecule has 0 saturated heterocycles. The van der Waals surface area contributed by atoms with E-state index in [1.54, 1.807) is 11.1 Å². The number of amides is 1. The minimum atomic E-state index is -0.369. The highest BCUT2D eigenvalue weighted by Gasteiger charge is 2.34. The molecule has 2 aromatic carbocycles. The van der Waals surface area contributed by atoms with Crippen LogP contribution < -0.4 is 15.9 Å². The summed E-state index contributed by atoms with van der Waals surface area (Å²) < 4.78 is 0. The van der Waals surface area contributed by atoms with Crippen LogP contribution in [0.5, 0.6) is 0 Å². The molecule has 0 aromatic heterocycles. The lowest BCUT2D eigenvalue weighted by Crippen LogP contribution is -2.50. The summed E-state index contributed by atoms with van der Waals surface area (Å²) >= 11 is 1.44. The van der Waals surface area contributed by atoms with Gasteiger partial charge in [0.2, 0.25) is 0 Å². The van der Waals surface area contributed by atoms with Gasteiger partial charge < -0.3 is 0 Å². The van der Waals surface area contributed by atoms with Crippen molar-refractivity contribution in [2.75, 3.05) is 5.75 Å². The molecule has 0 unspecified atom stereocenters. The number of hydrogen-bond donors (Lipinski definition) is 1. The van der Waals surface area contributed by atoms with Crippen LogP contribution in [0.2, 0.25) is 0 Å². The Bertz CT molecular complexity index is 1040. The number of hydrazone groups is 1. The molecule has 0 saturated carbocycles. The molecule has 1 atom stereocenters. The van der Waals surface area contributed by atoms with Crippen LogP contribution in [0.25, 0.3) is 5.70 Å². The van der Waals surface area contributed by atoms with Gasteiger partial charge in [-0.3, -0.25) is 15.1 Å². The zero-order valence-electron chi connectivity index (χ0n) is 14.3. The van der Waals surface area contributed by atoms with Crippen LogP contribution in [0.4, 0.5) is 0 Å². The molecule has 6 heteroatoms. The summed E-state index contributed by atoms with van der Waals surface area (Å²) in [6, 6.07) is 15.8. The lowest BCUT2D eigenvalue weighted by atomic mass is 10.0. The van der Waals surface area contributed by atoms with Crippen molar-refractivity contribution < 1.29 is 4.79 Å². The number of para-hydroxylation sites is 1. The summed E-state index contributed by atoms with van der Waals surface area (Å²) in [6.45, 7) is 5.77. The van der Waals surface area contributed by atoms with Crippen molar-refractivity contribution in [3.05, 3.63) is 82.9 Å². The molecule has 0 bridgehead atoms. The molecule has 130 valence electrons. The standard InChI is InChI=1S/C20H18N4OS/c1-3-12-26-20-22-19(25)17-15-10-6-7-11-16(15)21-18(24(17)23-20)14-9-5-4-8-13(14)2/h3-11,18H,1,12H2,2H3,(H,22,23,25)/t18-/m0/s1. The van der Waals surface area contributed by atoms with Crippen LogP contribution in [0.3, 0.4) is 0 Å². The second-order valence-electron chi connectivity index (χ2n) is 6.03. The predicted molar refractivity (Wildman–Crippen MR) is 105 cm³/mol. The van der Waals surface area contributed by atoms with Crippen LogP contribution in [-0.2, 0) is 4.79 Å². The van der Waals surface area contributed by atoms with Crippen LogP contribution in [0.1, 0.15) is 17.3 Å². The first-order chi connectivity index (χ1) is 12.7. The fourth-order valence-electron chi connectivity index (χ4n) is 3.11. The highest BCUT2D eigenvalue weighted by atomic mass is 32.2. The number of rotatable bonds is 3. The van der Waals surface area contributed by atoms with E-state index in [4.69, 9.17) is 10.1 Å². The molecular weight excluding hydrogens is 344 g/mol. The van der Waals surface area contributed by atoms with Crippen molar-refractivity contribution in [1.82, 2.24) is 10.3 Å². The van der Waals surface area contributed by atoms with Crippen LogP contribution in [0, 0.1) is 6.92 Å². The second-order valence-corrected chi connectivity index (χ2v) is 7.04. The minimum Gasteiger partial charge on any atom is -0.298 e. The van der Waals surface area contributed by atoms with Gasteiger partial charge >= 0.3 is 0 Å². The average Bonchev–Trinajstić information content (AvgIpc) is 2.66. The van der Waals surface area contributed by atoms with Gasteiger partial charge in [-0.1, -0.05) is 60.3 Å². The fraction of sp³-hybridized carbons (Fsp3) is 0.150. The van der Waals surface area contributed by atoms with Crippen molar-refractivity contribution in [2.45, 2.75) is 13.1 Å². The molecule has 26 heavy (non-hydrogen) atoms. The highest BCUT2D eigenvalue weighted by molar-refractivity contribution is 8.14. The van der Waals surface area contributed by atoms with Crippen LogP contribution in [-0.4, -0.2) is 21.8 Å². The van der Waals surface area contributed by atoms with E-state index in [-0.39, 0.29) is 12.1 Å². The van der Waals surface area contributed by atoms with E-state index in [0.29, 0.717) is 16.6 Å². The normalized spacial score (nSPS) is 18.3. The molecule has 2 aliphatic heterocycles. The molecule has 2 heterocycles. The summed E-state index contributed by atoms with van der Waals surface area (Å²) in [4.78, 5) is 17.8. The number of carbonyl (C=O) groups is 1. The van der Waals surface area contributed by atoms with Gasteiger partial charge in [0.25, 0.3) is 5.91 Å². The van der Waals surface area contributed by atoms with Gasteiger partial charge in [-0.2, -0.15) is 0 Å². The van der Waals surface area contributed by atoms with Crippen LogP contribution in [0.15, 0.2) is 71.3 Å². The number of carbonyl (C=O) groups excluding carboxylic acids is 1. The number of amidine groups is 1. The molecule has 2 aliphatic rings. The number of aryl methyl sites for hydroxylation is 1. The fourth-order valence-corrected chi connectivity index (χ4v) is 3.70. The number of fused-ring (bicyclic) bond motifs is 2. The number of nitrogens with zero attached hydrogens (tertiary/aromatic N) is 3. The van der Waals surface area contributed by atoms with Crippen LogP contribution >= 0.6 is 11.8 Å². The summed E-state index contributed by atoms with van der Waals surface area (Å²) in [5, 5.41) is 11.5. The van der Waals surface area contributed by atoms with Gasteiger partial charge in [0.1, 0.15) is 5.70 Å². The van der Waals surface area contributed by atoms with Gasteiger partial charge in [-0.15, -0.1) is 11.7 Å². The Hall–Kier alpha value is -2.86. The second kappa shape index (κ2) is 6.80. The smallest absolute Gasteiger partial charge is 0.276 e. The third-order valence-corrected chi connectivity index (χ3v) is 5.18. The van der Waals surface area contributed by atoms with Gasteiger partial charge in [0.05, 0.1) is 5.36 Å².